The average molecular weight is 264 g/mol. The van der Waals surface area contributed by atoms with Crippen LogP contribution in [0.3, 0.4) is 0 Å². The molecule has 3 nitrogen and oxygen atoms in total. The lowest BCUT2D eigenvalue weighted by molar-refractivity contribution is -0.130. The van der Waals surface area contributed by atoms with Crippen LogP contribution in [-0.4, -0.2) is 37.0 Å². The largest absolute Gasteiger partial charge is 0.345 e. The predicted octanol–water partition coefficient (Wildman–Crippen LogP) is 1.97. The van der Waals surface area contributed by atoms with Gasteiger partial charge in [-0.3, -0.25) is 4.79 Å². The average Bonchev–Trinajstić information content (AvgIpc) is 2.89. The number of amides is 1. The number of carbonyl (C=O) groups is 1. The van der Waals surface area contributed by atoms with E-state index in [1.165, 1.54) is 12.1 Å². The van der Waals surface area contributed by atoms with Crippen molar-refractivity contribution in [2.45, 2.75) is 31.7 Å². The summed E-state index contributed by atoms with van der Waals surface area (Å²) in [6, 6.07) is 6.89. The van der Waals surface area contributed by atoms with Gasteiger partial charge in [0.2, 0.25) is 5.91 Å². The van der Waals surface area contributed by atoms with E-state index in [9.17, 15) is 9.18 Å². The lowest BCUT2D eigenvalue weighted by Gasteiger charge is -2.19. The van der Waals surface area contributed by atoms with Crippen molar-refractivity contribution in [3.63, 3.8) is 0 Å². The molecule has 1 saturated heterocycles. The van der Waals surface area contributed by atoms with Gasteiger partial charge in [0, 0.05) is 26.1 Å². The van der Waals surface area contributed by atoms with Gasteiger partial charge in [0.25, 0.3) is 0 Å². The molecule has 1 aliphatic rings. The van der Waals surface area contributed by atoms with Crippen LogP contribution < -0.4 is 5.32 Å². The second-order valence-corrected chi connectivity index (χ2v) is 5.19. The van der Waals surface area contributed by atoms with Crippen LogP contribution in [-0.2, 0) is 11.2 Å². The smallest absolute Gasteiger partial charge is 0.223 e. The lowest BCUT2D eigenvalue weighted by atomic mass is 10.1. The standard InChI is InChI=1S/C15H21FN2O/c1-18(15(19)11-14-6-3-8-17-14)9-7-12-4-2-5-13(16)10-12/h2,4-5,10,14,17H,3,6-9,11H2,1H3. The minimum absolute atomic E-state index is 0.163. The molecule has 0 bridgehead atoms. The Bertz CT molecular complexity index is 430. The Balaban J connectivity index is 1.76. The van der Waals surface area contributed by atoms with E-state index in [4.69, 9.17) is 0 Å². The molecule has 2 rings (SSSR count). The normalized spacial score (nSPS) is 18.5. The van der Waals surface area contributed by atoms with Crippen LogP contribution in [0.25, 0.3) is 0 Å². The Morgan fingerprint density at radius 3 is 3.05 bits per heavy atom. The van der Waals surface area contributed by atoms with Gasteiger partial charge in [-0.05, 0) is 43.5 Å². The molecule has 0 aromatic heterocycles. The number of hydrogen-bond acceptors (Lipinski definition) is 2. The van der Waals surface area contributed by atoms with Gasteiger partial charge < -0.3 is 10.2 Å². The zero-order chi connectivity index (χ0) is 13.7. The number of hydrogen-bond donors (Lipinski definition) is 1. The van der Waals surface area contributed by atoms with Crippen LogP contribution in [0, 0.1) is 5.82 Å². The summed E-state index contributed by atoms with van der Waals surface area (Å²) in [6.45, 7) is 1.65. The monoisotopic (exact) mass is 264 g/mol. The summed E-state index contributed by atoms with van der Waals surface area (Å²) in [5.41, 5.74) is 0.929. The maximum absolute atomic E-state index is 13.0. The van der Waals surface area contributed by atoms with Crippen molar-refractivity contribution in [1.82, 2.24) is 10.2 Å². The highest BCUT2D eigenvalue weighted by molar-refractivity contribution is 5.76. The van der Waals surface area contributed by atoms with E-state index in [-0.39, 0.29) is 11.7 Å². The number of nitrogens with zero attached hydrogens (tertiary/aromatic N) is 1. The van der Waals surface area contributed by atoms with E-state index in [2.05, 4.69) is 5.32 Å². The first-order chi connectivity index (χ1) is 9.15. The molecule has 0 radical (unpaired) electrons. The van der Waals surface area contributed by atoms with E-state index in [0.717, 1.165) is 24.9 Å². The first kappa shape index (κ1) is 14.0. The molecule has 0 saturated carbocycles. The van der Waals surface area contributed by atoms with Gasteiger partial charge in [0.05, 0.1) is 0 Å². The van der Waals surface area contributed by atoms with E-state index in [1.54, 1.807) is 11.0 Å². The SMILES string of the molecule is CN(CCc1cccc(F)c1)C(=O)CC1CCCN1. The number of likely N-dealkylation sites (N-methyl/N-ethyl adjacent to an activating group) is 1. The number of halogens is 1. The van der Waals surface area contributed by atoms with Crippen LogP contribution in [0.4, 0.5) is 4.39 Å². The molecule has 0 aliphatic carbocycles. The molecule has 1 aromatic carbocycles. The van der Waals surface area contributed by atoms with E-state index < -0.39 is 0 Å². The van der Waals surface area contributed by atoms with Crippen LogP contribution in [0.15, 0.2) is 24.3 Å². The van der Waals surface area contributed by atoms with E-state index in [0.29, 0.717) is 25.4 Å². The van der Waals surface area contributed by atoms with Crippen molar-refractivity contribution in [2.24, 2.45) is 0 Å². The molecule has 1 atom stereocenters. The summed E-state index contributed by atoms with van der Waals surface area (Å²) in [5.74, 6) is -0.0579. The molecule has 104 valence electrons. The molecule has 1 fully saturated rings. The summed E-state index contributed by atoms with van der Waals surface area (Å²) in [7, 11) is 1.82. The molecule has 1 aliphatic heterocycles. The minimum atomic E-state index is -0.221. The Morgan fingerprint density at radius 1 is 1.53 bits per heavy atom. The van der Waals surface area contributed by atoms with Gasteiger partial charge in [-0.25, -0.2) is 4.39 Å². The third-order valence-electron chi connectivity index (χ3n) is 3.63. The Kier molecular flexibility index (Phi) is 4.91. The minimum Gasteiger partial charge on any atom is -0.345 e. The second-order valence-electron chi connectivity index (χ2n) is 5.19. The van der Waals surface area contributed by atoms with Crippen LogP contribution in [0.1, 0.15) is 24.8 Å². The fourth-order valence-electron chi connectivity index (χ4n) is 2.41. The van der Waals surface area contributed by atoms with Crippen LogP contribution in [0.2, 0.25) is 0 Å². The third-order valence-corrected chi connectivity index (χ3v) is 3.63. The zero-order valence-electron chi connectivity index (χ0n) is 11.4. The van der Waals surface area contributed by atoms with Crippen molar-refractivity contribution in [2.75, 3.05) is 20.1 Å². The van der Waals surface area contributed by atoms with E-state index in [1.807, 2.05) is 13.1 Å². The quantitative estimate of drug-likeness (QED) is 0.882. The molecule has 4 heteroatoms. The summed E-state index contributed by atoms with van der Waals surface area (Å²) in [6.07, 6.45) is 3.51. The molecule has 1 N–H and O–H groups in total. The topological polar surface area (TPSA) is 32.3 Å². The van der Waals surface area contributed by atoms with Gasteiger partial charge in [0.15, 0.2) is 0 Å². The Labute approximate surface area is 113 Å². The van der Waals surface area contributed by atoms with Crippen LogP contribution >= 0.6 is 0 Å². The highest BCUT2D eigenvalue weighted by Gasteiger charge is 2.19. The number of nitrogens with one attached hydrogen (secondary N) is 1. The first-order valence-electron chi connectivity index (χ1n) is 6.87. The predicted molar refractivity (Wildman–Crippen MR) is 73.4 cm³/mol. The summed E-state index contributed by atoms with van der Waals surface area (Å²) >= 11 is 0. The number of benzene rings is 1. The maximum atomic E-state index is 13.0. The highest BCUT2D eigenvalue weighted by atomic mass is 19.1. The van der Waals surface area contributed by atoms with Crippen molar-refractivity contribution >= 4 is 5.91 Å². The van der Waals surface area contributed by atoms with E-state index >= 15 is 0 Å². The molecular formula is C15H21FN2O. The lowest BCUT2D eigenvalue weighted by Crippen LogP contribution is -2.34. The van der Waals surface area contributed by atoms with Crippen molar-refractivity contribution in [3.05, 3.63) is 35.6 Å². The summed E-state index contributed by atoms with van der Waals surface area (Å²) in [4.78, 5) is 13.7. The number of carbonyl (C=O) groups excluding carboxylic acids is 1. The molecule has 19 heavy (non-hydrogen) atoms. The third kappa shape index (κ3) is 4.31. The zero-order valence-corrected chi connectivity index (χ0v) is 11.4. The highest BCUT2D eigenvalue weighted by Crippen LogP contribution is 2.10. The fraction of sp³-hybridized carbons (Fsp3) is 0.533. The Morgan fingerprint density at radius 2 is 2.37 bits per heavy atom. The Hall–Kier alpha value is -1.42. The van der Waals surface area contributed by atoms with Crippen molar-refractivity contribution < 1.29 is 9.18 Å². The van der Waals surface area contributed by atoms with Crippen molar-refractivity contribution in [1.29, 1.82) is 0 Å². The summed E-state index contributed by atoms with van der Waals surface area (Å²) in [5, 5.41) is 3.33. The molecule has 1 unspecified atom stereocenters. The van der Waals surface area contributed by atoms with Crippen LogP contribution in [0.5, 0.6) is 0 Å². The molecular weight excluding hydrogens is 243 g/mol. The van der Waals surface area contributed by atoms with Gasteiger partial charge in [0.1, 0.15) is 5.82 Å². The second kappa shape index (κ2) is 6.66. The van der Waals surface area contributed by atoms with Gasteiger partial charge in [-0.15, -0.1) is 0 Å². The van der Waals surface area contributed by atoms with Gasteiger partial charge in [-0.1, -0.05) is 12.1 Å². The first-order valence-corrected chi connectivity index (χ1v) is 6.87. The maximum Gasteiger partial charge on any atom is 0.223 e. The fourth-order valence-corrected chi connectivity index (χ4v) is 2.41. The molecule has 1 amide bonds. The van der Waals surface area contributed by atoms with Gasteiger partial charge >= 0.3 is 0 Å². The van der Waals surface area contributed by atoms with Gasteiger partial charge in [-0.2, -0.15) is 0 Å². The number of rotatable bonds is 5. The molecule has 0 spiro atoms. The molecule has 1 aromatic rings. The van der Waals surface area contributed by atoms with Crippen molar-refractivity contribution in [3.8, 4) is 0 Å². The summed E-state index contributed by atoms with van der Waals surface area (Å²) < 4.78 is 13.0. The molecule has 1 heterocycles.